The van der Waals surface area contributed by atoms with Gasteiger partial charge in [-0.05, 0) is 110 Å². The van der Waals surface area contributed by atoms with Crippen molar-refractivity contribution >= 4 is 32.9 Å². The minimum Gasteiger partial charge on any atom is -0.311 e. The third kappa shape index (κ3) is 6.57. The topological polar surface area (TPSA) is 16.1 Å². The van der Waals surface area contributed by atoms with E-state index < -0.39 is 0 Å². The molecule has 2 nitrogen and oxygen atoms in total. The van der Waals surface area contributed by atoms with E-state index in [-0.39, 0.29) is 0 Å². The van der Waals surface area contributed by atoms with Crippen LogP contribution in [0.2, 0.25) is 0 Å². The van der Waals surface area contributed by atoms with Gasteiger partial charge in [0.2, 0.25) is 0 Å². The van der Waals surface area contributed by atoms with Crippen LogP contribution in [0.4, 0.5) is 11.4 Å². The first-order valence-electron chi connectivity index (χ1n) is 19.3. The van der Waals surface area contributed by atoms with Gasteiger partial charge >= 0.3 is 0 Å². The van der Waals surface area contributed by atoms with Crippen molar-refractivity contribution in [2.24, 2.45) is 17.8 Å². The molecule has 0 amide bonds. The molecule has 0 saturated carbocycles. The maximum absolute atomic E-state index is 4.31. The summed E-state index contributed by atoms with van der Waals surface area (Å²) in [6.45, 7) is 0. The van der Waals surface area contributed by atoms with E-state index in [1.807, 2.05) is 12.4 Å². The second-order valence-electron chi connectivity index (χ2n) is 14.8. The molecule has 2 heteroatoms. The summed E-state index contributed by atoms with van der Waals surface area (Å²) >= 11 is 0. The zero-order chi connectivity index (χ0) is 36.6. The fourth-order valence-corrected chi connectivity index (χ4v) is 8.31. The summed E-state index contributed by atoms with van der Waals surface area (Å²) in [7, 11) is 0. The molecule has 55 heavy (non-hydrogen) atoms. The van der Waals surface area contributed by atoms with Crippen molar-refractivity contribution in [2.45, 2.75) is 6.42 Å². The van der Waals surface area contributed by atoms with Crippen LogP contribution in [0.1, 0.15) is 6.42 Å². The number of pyridine rings is 1. The molecule has 0 bridgehead atoms. The van der Waals surface area contributed by atoms with Gasteiger partial charge in [0.15, 0.2) is 0 Å². The molecule has 0 N–H and O–H groups in total. The second-order valence-corrected chi connectivity index (χ2v) is 14.8. The largest absolute Gasteiger partial charge is 0.311 e. The van der Waals surface area contributed by atoms with Gasteiger partial charge < -0.3 is 4.90 Å². The van der Waals surface area contributed by atoms with Crippen LogP contribution in [0.15, 0.2) is 224 Å². The first kappa shape index (κ1) is 32.8. The van der Waals surface area contributed by atoms with Gasteiger partial charge in [-0.1, -0.05) is 152 Å². The van der Waals surface area contributed by atoms with Gasteiger partial charge in [0.1, 0.15) is 0 Å². The number of allylic oxidation sites excluding steroid dienone is 11. The van der Waals surface area contributed by atoms with Crippen LogP contribution in [0.3, 0.4) is 0 Å². The minimum atomic E-state index is 0.369. The number of nitrogens with zero attached hydrogens (tertiary/aromatic N) is 2. The smallest absolute Gasteiger partial charge is 0.0461 e. The summed E-state index contributed by atoms with van der Waals surface area (Å²) in [5.74, 6) is 1.30. The first-order chi connectivity index (χ1) is 27.2. The predicted molar refractivity (Wildman–Crippen MR) is 232 cm³/mol. The monoisotopic (exact) mass is 704 g/mol. The molecule has 0 saturated heterocycles. The zero-order valence-electron chi connectivity index (χ0n) is 30.5. The normalized spacial score (nSPS) is 18.6. The summed E-state index contributed by atoms with van der Waals surface area (Å²) in [4.78, 5) is 6.71. The Morgan fingerprint density at radius 2 is 1.04 bits per heavy atom. The fraction of sp³-hybridized carbons (Fsp3) is 0.0755. The van der Waals surface area contributed by atoms with E-state index in [2.05, 4.69) is 210 Å². The molecule has 0 spiro atoms. The van der Waals surface area contributed by atoms with Gasteiger partial charge in [0.25, 0.3) is 0 Å². The lowest BCUT2D eigenvalue weighted by Gasteiger charge is -2.31. The van der Waals surface area contributed by atoms with Crippen LogP contribution in [0.5, 0.6) is 0 Å². The summed E-state index contributed by atoms with van der Waals surface area (Å²) in [5, 5.41) is 4.88. The van der Waals surface area contributed by atoms with Gasteiger partial charge in [0, 0.05) is 52.6 Å². The van der Waals surface area contributed by atoms with Gasteiger partial charge in [-0.3, -0.25) is 4.98 Å². The Labute approximate surface area is 323 Å². The summed E-state index contributed by atoms with van der Waals surface area (Å²) < 4.78 is 0. The highest BCUT2D eigenvalue weighted by Crippen LogP contribution is 2.39. The molecule has 3 atom stereocenters. The third-order valence-electron chi connectivity index (χ3n) is 11.4. The van der Waals surface area contributed by atoms with Crippen LogP contribution >= 0.6 is 0 Å². The van der Waals surface area contributed by atoms with Crippen molar-refractivity contribution in [3.05, 3.63) is 224 Å². The molecule has 1 aromatic heterocycles. The van der Waals surface area contributed by atoms with Crippen LogP contribution in [-0.2, 0) is 0 Å². The minimum absolute atomic E-state index is 0.369. The van der Waals surface area contributed by atoms with Gasteiger partial charge in [0.05, 0.1) is 0 Å². The van der Waals surface area contributed by atoms with Crippen molar-refractivity contribution < 1.29 is 0 Å². The number of fused-ring (bicyclic) bond motifs is 3. The first-order valence-corrected chi connectivity index (χ1v) is 19.3. The quantitative estimate of drug-likeness (QED) is 0.164. The van der Waals surface area contributed by atoms with Gasteiger partial charge in [-0.2, -0.15) is 0 Å². The van der Waals surface area contributed by atoms with E-state index in [4.69, 9.17) is 0 Å². The Kier molecular flexibility index (Phi) is 8.50. The average molecular weight is 705 g/mol. The van der Waals surface area contributed by atoms with Crippen LogP contribution in [-0.4, -0.2) is 4.98 Å². The summed E-state index contributed by atoms with van der Waals surface area (Å²) in [6, 6.07) is 50.8. The van der Waals surface area contributed by atoms with E-state index in [1.54, 1.807) is 0 Å². The maximum atomic E-state index is 4.31. The lowest BCUT2D eigenvalue weighted by molar-refractivity contribution is 0.635. The molecule has 1 heterocycles. The molecule has 7 aromatic rings. The van der Waals surface area contributed by atoms with E-state index in [9.17, 15) is 0 Å². The standard InChI is InChI=1S/C53H40N2/c1-3-7-45-33-47(16-13-37(45)5-1)42-21-27-52(28-22-42)55(53-29-23-43(24-30-53)48-17-14-38-6-2-4-8-46(38)34-48)51-25-19-40(20-26-51)39-9-11-41(12-10-39)49-18-15-44-31-32-54-36-50(44)35-49/h1-23,25-36,38,43,46H,24H2/t38?,43-,46?/m0/s1. The summed E-state index contributed by atoms with van der Waals surface area (Å²) in [6.07, 6.45) is 28.0. The highest BCUT2D eigenvalue weighted by Gasteiger charge is 2.23. The molecule has 10 rings (SSSR count). The highest BCUT2D eigenvalue weighted by molar-refractivity contribution is 5.88. The number of rotatable bonds is 7. The van der Waals surface area contributed by atoms with Crippen molar-refractivity contribution in [3.8, 4) is 33.4 Å². The molecule has 262 valence electrons. The average Bonchev–Trinajstić information content (AvgIpc) is 3.27. The van der Waals surface area contributed by atoms with E-state index in [0.717, 1.165) is 23.2 Å². The Morgan fingerprint density at radius 1 is 0.473 bits per heavy atom. The molecule has 0 radical (unpaired) electrons. The highest BCUT2D eigenvalue weighted by atomic mass is 15.1. The molecule has 3 aliphatic rings. The van der Waals surface area contributed by atoms with Crippen LogP contribution in [0.25, 0.3) is 54.9 Å². The number of benzene rings is 6. The Hall–Kier alpha value is -6.77. The van der Waals surface area contributed by atoms with Crippen molar-refractivity contribution in [1.82, 2.24) is 4.98 Å². The molecular weight excluding hydrogens is 665 g/mol. The molecule has 0 fully saturated rings. The SMILES string of the molecule is C1=CC2C=CC([C@H]3C=CC(N(c4ccc(-c5ccc(-c6ccc7ccncc7c6)cc5)cc4)c4ccc(-c5ccc6ccccc6c5)cc4)=CC3)=CC2C=C1. The van der Waals surface area contributed by atoms with Crippen molar-refractivity contribution in [2.75, 3.05) is 4.90 Å². The number of hydrogen-bond donors (Lipinski definition) is 0. The third-order valence-corrected chi connectivity index (χ3v) is 11.4. The molecule has 6 aromatic carbocycles. The molecular formula is C53H40N2. The Balaban J connectivity index is 0.941. The van der Waals surface area contributed by atoms with E-state index in [0.29, 0.717) is 17.8 Å². The van der Waals surface area contributed by atoms with Crippen LogP contribution < -0.4 is 4.90 Å². The number of hydrogen-bond acceptors (Lipinski definition) is 2. The zero-order valence-corrected chi connectivity index (χ0v) is 30.5. The Bertz CT molecular complexity index is 2720. The maximum Gasteiger partial charge on any atom is 0.0461 e. The van der Waals surface area contributed by atoms with Crippen molar-refractivity contribution in [1.29, 1.82) is 0 Å². The Morgan fingerprint density at radius 3 is 1.69 bits per heavy atom. The number of aromatic nitrogens is 1. The van der Waals surface area contributed by atoms with Crippen LogP contribution in [0, 0.1) is 17.8 Å². The number of anilines is 2. The van der Waals surface area contributed by atoms with Gasteiger partial charge in [-0.15, -0.1) is 0 Å². The molecule has 2 unspecified atom stereocenters. The lowest BCUT2D eigenvalue weighted by atomic mass is 9.79. The summed E-state index contributed by atoms with van der Waals surface area (Å²) in [5.41, 5.74) is 12.1. The molecule has 3 aliphatic carbocycles. The molecule has 0 aliphatic heterocycles. The van der Waals surface area contributed by atoms with E-state index in [1.165, 1.54) is 60.8 Å². The lowest BCUT2D eigenvalue weighted by Crippen LogP contribution is -2.19. The van der Waals surface area contributed by atoms with Crippen molar-refractivity contribution in [3.63, 3.8) is 0 Å². The fourth-order valence-electron chi connectivity index (χ4n) is 8.31. The van der Waals surface area contributed by atoms with Gasteiger partial charge in [-0.25, -0.2) is 0 Å². The second kappa shape index (κ2) is 14.2. The van der Waals surface area contributed by atoms with E-state index >= 15 is 0 Å². The predicted octanol–water partition coefficient (Wildman–Crippen LogP) is 13.8.